The third-order valence-electron chi connectivity index (χ3n) is 11.2. The summed E-state index contributed by atoms with van der Waals surface area (Å²) in [6.45, 7) is 0. The average Bonchev–Trinajstić information content (AvgIpc) is 3.68. The summed E-state index contributed by atoms with van der Waals surface area (Å²) in [6.07, 6.45) is 9.32. The minimum absolute atomic E-state index is 0.820. The molecule has 0 aliphatic rings. The quantitative estimate of drug-likeness (QED) is 0.154. The van der Waals surface area contributed by atoms with Crippen LogP contribution in [0.15, 0.2) is 219 Å². The number of benzene rings is 5. The van der Waals surface area contributed by atoms with Crippen LogP contribution in [0.2, 0.25) is 0 Å². The van der Waals surface area contributed by atoms with Crippen molar-refractivity contribution in [3.63, 3.8) is 0 Å². The Hall–Kier alpha value is -8.35. The second kappa shape index (κ2) is 15.4. The van der Waals surface area contributed by atoms with Crippen LogP contribution < -0.4 is 0 Å². The smallest absolute Gasteiger partial charge is 0.0899 e. The van der Waals surface area contributed by atoms with Crippen molar-refractivity contribution in [2.45, 2.75) is 0 Å². The molecule has 11 aromatic rings. The van der Waals surface area contributed by atoms with E-state index in [-0.39, 0.29) is 0 Å². The van der Waals surface area contributed by atoms with Gasteiger partial charge in [-0.1, -0.05) is 103 Å². The predicted molar refractivity (Wildman–Crippen MR) is 248 cm³/mol. The third kappa shape index (κ3) is 6.92. The Morgan fingerprint density at radius 3 is 1.48 bits per heavy atom. The van der Waals surface area contributed by atoms with Gasteiger partial charge in [0, 0.05) is 41.1 Å². The number of hydrogen-bond donors (Lipinski definition) is 0. The lowest BCUT2D eigenvalue weighted by Crippen LogP contribution is -1.96. The van der Waals surface area contributed by atoms with Gasteiger partial charge in [-0.25, -0.2) is 4.98 Å². The van der Waals surface area contributed by atoms with E-state index in [0.29, 0.717) is 0 Å². The van der Waals surface area contributed by atoms with E-state index < -0.39 is 0 Å². The second-order valence-corrected chi connectivity index (χ2v) is 15.0. The van der Waals surface area contributed by atoms with Crippen LogP contribution in [0.5, 0.6) is 0 Å². The second-order valence-electron chi connectivity index (χ2n) is 15.0. The van der Waals surface area contributed by atoms with E-state index in [9.17, 15) is 0 Å². The summed E-state index contributed by atoms with van der Waals surface area (Å²) in [7, 11) is 0. The molecule has 6 heteroatoms. The molecule has 0 saturated carbocycles. The van der Waals surface area contributed by atoms with E-state index >= 15 is 0 Å². The molecule has 0 aliphatic carbocycles. The highest BCUT2D eigenvalue weighted by atomic mass is 15.0. The number of fused-ring (bicyclic) bond motifs is 3. The van der Waals surface area contributed by atoms with E-state index in [0.717, 1.165) is 94.9 Å². The van der Waals surface area contributed by atoms with Crippen molar-refractivity contribution in [2.24, 2.45) is 0 Å². The fourth-order valence-corrected chi connectivity index (χ4v) is 8.22. The molecule has 6 nitrogen and oxygen atoms in total. The van der Waals surface area contributed by atoms with E-state index in [2.05, 4.69) is 160 Å². The van der Waals surface area contributed by atoms with Crippen molar-refractivity contribution in [1.29, 1.82) is 0 Å². The monoisotopic (exact) mass is 780 g/mol. The molecule has 0 amide bonds. The Morgan fingerprint density at radius 1 is 0.295 bits per heavy atom. The van der Waals surface area contributed by atoms with Gasteiger partial charge < -0.3 is 4.57 Å². The molecular weight excluding hydrogens is 745 g/mol. The molecule has 61 heavy (non-hydrogen) atoms. The summed E-state index contributed by atoms with van der Waals surface area (Å²) in [5.41, 5.74) is 17.4. The zero-order chi connectivity index (χ0) is 40.5. The van der Waals surface area contributed by atoms with Gasteiger partial charge in [-0.15, -0.1) is 0 Å². The Morgan fingerprint density at radius 2 is 0.836 bits per heavy atom. The van der Waals surface area contributed by atoms with Gasteiger partial charge in [0.15, 0.2) is 0 Å². The molecular formula is C55H36N6. The van der Waals surface area contributed by atoms with E-state index in [1.807, 2.05) is 67.3 Å². The Balaban J connectivity index is 0.982. The fourth-order valence-electron chi connectivity index (χ4n) is 8.22. The molecule has 286 valence electrons. The molecule has 0 atom stereocenters. The maximum Gasteiger partial charge on any atom is 0.0899 e. The summed E-state index contributed by atoms with van der Waals surface area (Å²) in [6, 6.07) is 65.7. The van der Waals surface area contributed by atoms with Gasteiger partial charge >= 0.3 is 0 Å². The van der Waals surface area contributed by atoms with Gasteiger partial charge in [-0.3, -0.25) is 19.9 Å². The molecule has 11 rings (SSSR count). The topological polar surface area (TPSA) is 69.4 Å². The van der Waals surface area contributed by atoms with Gasteiger partial charge in [0.05, 0.1) is 51.4 Å². The highest BCUT2D eigenvalue weighted by Crippen LogP contribution is 2.38. The molecule has 0 saturated heterocycles. The molecule has 0 unspecified atom stereocenters. The van der Waals surface area contributed by atoms with Crippen LogP contribution in [0.25, 0.3) is 106 Å². The van der Waals surface area contributed by atoms with E-state index in [4.69, 9.17) is 15.0 Å². The zero-order valence-electron chi connectivity index (χ0n) is 33.0. The predicted octanol–water partition coefficient (Wildman–Crippen LogP) is 13.4. The minimum Gasteiger partial charge on any atom is -0.308 e. The maximum absolute atomic E-state index is 5.21. The van der Waals surface area contributed by atoms with Gasteiger partial charge in [0.2, 0.25) is 0 Å². The number of pyridine rings is 5. The van der Waals surface area contributed by atoms with E-state index in [1.54, 1.807) is 6.20 Å². The third-order valence-corrected chi connectivity index (χ3v) is 11.2. The first kappa shape index (κ1) is 35.8. The summed E-state index contributed by atoms with van der Waals surface area (Å²) in [5, 5.41) is 2.21. The Kier molecular flexibility index (Phi) is 9.06. The zero-order valence-corrected chi connectivity index (χ0v) is 33.0. The molecule has 0 N–H and O–H groups in total. The molecule has 0 fully saturated rings. The lowest BCUT2D eigenvalue weighted by atomic mass is 9.92. The molecule has 5 aromatic carbocycles. The van der Waals surface area contributed by atoms with Crippen LogP contribution in [0.1, 0.15) is 0 Å². The average molecular weight is 781 g/mol. The van der Waals surface area contributed by atoms with Crippen LogP contribution >= 0.6 is 0 Å². The molecule has 0 aliphatic heterocycles. The summed E-state index contributed by atoms with van der Waals surface area (Å²) >= 11 is 0. The van der Waals surface area contributed by atoms with Gasteiger partial charge in [0.25, 0.3) is 0 Å². The highest BCUT2D eigenvalue weighted by molar-refractivity contribution is 6.10. The fraction of sp³-hybridized carbons (Fsp3) is 0. The van der Waals surface area contributed by atoms with Crippen LogP contribution in [0, 0.1) is 0 Å². The lowest BCUT2D eigenvalue weighted by Gasteiger charge is -2.14. The molecule has 6 heterocycles. The van der Waals surface area contributed by atoms with Gasteiger partial charge in [-0.2, -0.15) is 0 Å². The summed E-state index contributed by atoms with van der Waals surface area (Å²) < 4.78 is 2.25. The molecule has 6 aromatic heterocycles. The maximum atomic E-state index is 5.21. The minimum atomic E-state index is 0.820. The summed E-state index contributed by atoms with van der Waals surface area (Å²) in [4.78, 5) is 23.7. The van der Waals surface area contributed by atoms with Crippen molar-refractivity contribution < 1.29 is 0 Å². The van der Waals surface area contributed by atoms with Crippen molar-refractivity contribution in [2.75, 3.05) is 0 Å². The number of nitrogens with zero attached hydrogens (tertiary/aromatic N) is 6. The normalized spacial score (nSPS) is 11.3. The Labute approximate surface area is 353 Å². The summed E-state index contributed by atoms with van der Waals surface area (Å²) in [5.74, 6) is 0. The Bertz CT molecular complexity index is 3250. The number of hydrogen-bond acceptors (Lipinski definition) is 5. The van der Waals surface area contributed by atoms with Crippen LogP contribution in [-0.2, 0) is 0 Å². The van der Waals surface area contributed by atoms with Gasteiger partial charge in [-0.05, 0) is 129 Å². The number of aromatic nitrogens is 6. The SMILES string of the molecule is c1ccc(-c2cc(-c3ccccc3)cc(-c3cc(-c4ccc(-c5ccc6c(c5)c5cnccc5n6-c5ccc(-c6ccccn6)nc5)cc4)nc(-c4ccccn4)c3)c2)cc1. The van der Waals surface area contributed by atoms with Crippen molar-refractivity contribution >= 4 is 21.8 Å². The van der Waals surface area contributed by atoms with Crippen molar-refractivity contribution in [3.05, 3.63) is 219 Å². The number of rotatable bonds is 8. The van der Waals surface area contributed by atoms with Crippen molar-refractivity contribution in [1.82, 2.24) is 29.5 Å². The lowest BCUT2D eigenvalue weighted by molar-refractivity contribution is 1.13. The highest BCUT2D eigenvalue weighted by Gasteiger charge is 2.16. The largest absolute Gasteiger partial charge is 0.308 e. The molecule has 0 spiro atoms. The van der Waals surface area contributed by atoms with E-state index in [1.165, 1.54) is 11.1 Å². The molecule has 0 bridgehead atoms. The first-order valence-corrected chi connectivity index (χ1v) is 20.3. The van der Waals surface area contributed by atoms with Crippen LogP contribution in [-0.4, -0.2) is 29.5 Å². The first-order valence-electron chi connectivity index (χ1n) is 20.3. The first-order chi connectivity index (χ1) is 30.2. The van der Waals surface area contributed by atoms with Crippen LogP contribution in [0.4, 0.5) is 0 Å². The van der Waals surface area contributed by atoms with Crippen LogP contribution in [0.3, 0.4) is 0 Å². The van der Waals surface area contributed by atoms with Crippen molar-refractivity contribution in [3.8, 4) is 84.2 Å². The standard InChI is InChI=1S/C55H36N6/c1-3-11-37(12-4-1)42-29-43(38-13-5-2-6-14-38)31-44(30-42)45-33-52(60-53(34-45)50-16-8-10-27-58-50)40-19-17-39(18-20-40)41-21-24-54-47(32-41)48-36-56-28-25-55(48)61(54)46-22-23-51(59-35-46)49-15-7-9-26-57-49/h1-36H. The molecule has 0 radical (unpaired) electrons. The van der Waals surface area contributed by atoms with Gasteiger partial charge in [0.1, 0.15) is 0 Å².